The van der Waals surface area contributed by atoms with Crippen LogP contribution in [0.3, 0.4) is 0 Å². The summed E-state index contributed by atoms with van der Waals surface area (Å²) in [5, 5.41) is 65.4. The predicted molar refractivity (Wildman–Crippen MR) is 255 cm³/mol. The van der Waals surface area contributed by atoms with Crippen molar-refractivity contribution in [1.29, 1.82) is 0 Å². The Labute approximate surface area is 448 Å². The van der Waals surface area contributed by atoms with Gasteiger partial charge in [-0.2, -0.15) is 12.1 Å². The van der Waals surface area contributed by atoms with Crippen molar-refractivity contribution < 1.29 is 111 Å². The molecule has 0 aliphatic rings. The second-order valence-electron chi connectivity index (χ2n) is 16.6. The van der Waals surface area contributed by atoms with Gasteiger partial charge in [0, 0.05) is 77.0 Å². The SMILES string of the molecule is O=C(O)CCC(NC(=O)c1cc[c-]nc1)C(=O)NC(CCC(=O)O)C(=O)NCc1ccc(C(=O)NC(Cc2ccc3ccccc3c2)C(=O)NCCCCC(NC(=O)N[C@@H](CCC(=O)O)C(=O)O)C(=O)O)cc1.[Y]. The topological polar surface area (TPSA) is 386 Å². The first-order valence-corrected chi connectivity index (χ1v) is 22.8. The maximum absolute atomic E-state index is 13.7. The van der Waals surface area contributed by atoms with E-state index in [0.717, 1.165) is 10.8 Å². The molecule has 1 heterocycles. The number of nitrogens with one attached hydrogen (secondary N) is 7. The number of carbonyl (C=O) groups excluding carboxylic acids is 6. The summed E-state index contributed by atoms with van der Waals surface area (Å²) in [7, 11) is 0. The molecular formula is C49H55N8O16Y-. The maximum atomic E-state index is 13.7. The molecule has 7 amide bonds. The number of rotatable bonds is 30. The monoisotopic (exact) mass is 1100 g/mol. The van der Waals surface area contributed by atoms with E-state index in [9.17, 15) is 73.2 Å². The minimum atomic E-state index is -1.58. The molecule has 4 unspecified atom stereocenters. The second kappa shape index (κ2) is 30.9. The minimum absolute atomic E-state index is 0. The summed E-state index contributed by atoms with van der Waals surface area (Å²) < 4.78 is 0. The fraction of sp³-hybridized carbons (Fsp3) is 0.347. The normalized spacial score (nSPS) is 12.6. The van der Waals surface area contributed by atoms with E-state index in [1.165, 1.54) is 42.6 Å². The van der Waals surface area contributed by atoms with Gasteiger partial charge in [-0.3, -0.25) is 38.4 Å². The molecule has 0 saturated heterocycles. The average Bonchev–Trinajstić information content (AvgIpc) is 3.36. The van der Waals surface area contributed by atoms with Crippen molar-refractivity contribution >= 4 is 76.2 Å². The van der Waals surface area contributed by atoms with Gasteiger partial charge in [0.1, 0.15) is 30.2 Å². The number of aromatic nitrogens is 1. The Morgan fingerprint density at radius 2 is 1.03 bits per heavy atom. The molecule has 4 aromatic rings. The summed E-state index contributed by atoms with van der Waals surface area (Å²) in [5.74, 6) is -10.4. The standard InChI is InChI=1S/C49H55N8O16.Y/c58-39(59)19-16-34(54-46(68)35(17-20-40(60)61)53-43(65)33-8-5-22-50-27-33)44(66)52-26-28-10-14-31(15-11-28)42(64)55-38(25-29-12-13-30-6-1-2-7-32(30)24-29)45(67)51-23-4-3-9-36(47(69)70)56-49(73)57-37(48(71)72)18-21-41(62)63;/h1-2,5-8,10-15,24,27,34-38H,3-4,9,16-21,23,25-26H2,(H,51,67)(H,52,66)(H,53,65)(H,54,68)(H,55,64)(H,58,59)(H,60,61)(H,62,63)(H,69,70)(H,71,72)(H2,56,57,73);/q-1;/t34?,35?,36?,37-,38?;/m0./s1. The molecule has 3 aromatic carbocycles. The van der Waals surface area contributed by atoms with E-state index in [4.69, 9.17) is 5.11 Å². The van der Waals surface area contributed by atoms with Gasteiger partial charge in [0.25, 0.3) is 5.91 Å². The quantitative estimate of drug-likeness (QED) is 0.0259. The van der Waals surface area contributed by atoms with Crippen molar-refractivity contribution in [2.75, 3.05) is 6.54 Å². The minimum Gasteiger partial charge on any atom is -0.481 e. The van der Waals surface area contributed by atoms with Gasteiger partial charge in [0.05, 0.1) is 0 Å². The molecule has 0 aliphatic heterocycles. The summed E-state index contributed by atoms with van der Waals surface area (Å²) >= 11 is 0. The van der Waals surface area contributed by atoms with Crippen LogP contribution in [0, 0.1) is 6.20 Å². The third-order valence-electron chi connectivity index (χ3n) is 11.1. The molecule has 12 N–H and O–H groups in total. The van der Waals surface area contributed by atoms with E-state index in [2.05, 4.69) is 48.4 Å². The molecule has 5 atom stereocenters. The number of aliphatic carboxylic acids is 5. The Balaban J connectivity index is 0.0000144. The van der Waals surface area contributed by atoms with E-state index in [-0.39, 0.29) is 95.5 Å². The molecule has 25 heteroatoms. The van der Waals surface area contributed by atoms with Crippen molar-refractivity contribution in [2.24, 2.45) is 0 Å². The molecule has 0 spiro atoms. The number of benzene rings is 3. The van der Waals surface area contributed by atoms with Crippen LogP contribution in [0.5, 0.6) is 0 Å². The van der Waals surface area contributed by atoms with Crippen LogP contribution in [0.15, 0.2) is 85.1 Å². The smallest absolute Gasteiger partial charge is 0.326 e. The first-order valence-electron chi connectivity index (χ1n) is 22.8. The molecule has 0 saturated carbocycles. The third-order valence-corrected chi connectivity index (χ3v) is 11.1. The van der Waals surface area contributed by atoms with Gasteiger partial charge in [-0.15, -0.1) is 0 Å². The molecular weight excluding hydrogens is 1050 g/mol. The van der Waals surface area contributed by atoms with Gasteiger partial charge in [-0.1, -0.05) is 72.6 Å². The first-order chi connectivity index (χ1) is 34.8. The maximum Gasteiger partial charge on any atom is 0.326 e. The van der Waals surface area contributed by atoms with Gasteiger partial charge in [-0.05, 0) is 72.6 Å². The van der Waals surface area contributed by atoms with Gasteiger partial charge in [-0.25, -0.2) is 14.4 Å². The zero-order valence-electron chi connectivity index (χ0n) is 39.7. The fourth-order valence-electron chi connectivity index (χ4n) is 7.13. The Kier molecular flexibility index (Phi) is 25.2. The average molecular weight is 1100 g/mol. The molecule has 1 radical (unpaired) electrons. The van der Waals surface area contributed by atoms with Gasteiger partial charge < -0.3 is 67.7 Å². The van der Waals surface area contributed by atoms with E-state index in [0.29, 0.717) is 11.1 Å². The number of nitrogens with zero attached hydrogens (tertiary/aromatic N) is 1. The molecule has 74 heavy (non-hydrogen) atoms. The predicted octanol–water partition coefficient (Wildman–Crippen LogP) is 1.36. The van der Waals surface area contributed by atoms with Gasteiger partial charge in [0.2, 0.25) is 23.6 Å². The molecule has 4 rings (SSSR count). The van der Waals surface area contributed by atoms with E-state index in [1.807, 2.05) is 42.5 Å². The number of carbonyl (C=O) groups is 11. The number of hydrogen-bond donors (Lipinski definition) is 12. The van der Waals surface area contributed by atoms with Gasteiger partial charge >= 0.3 is 35.9 Å². The molecule has 1 aromatic heterocycles. The van der Waals surface area contributed by atoms with Crippen molar-refractivity contribution in [3.63, 3.8) is 0 Å². The number of pyridine rings is 1. The van der Waals surface area contributed by atoms with Crippen LogP contribution >= 0.6 is 0 Å². The van der Waals surface area contributed by atoms with Crippen LogP contribution in [0.1, 0.15) is 89.6 Å². The van der Waals surface area contributed by atoms with Crippen molar-refractivity contribution in [3.8, 4) is 0 Å². The van der Waals surface area contributed by atoms with Crippen molar-refractivity contribution in [2.45, 2.75) is 101 Å². The third kappa shape index (κ3) is 21.1. The van der Waals surface area contributed by atoms with E-state index in [1.54, 1.807) is 0 Å². The fourth-order valence-corrected chi connectivity index (χ4v) is 7.13. The Hall–Kier alpha value is -7.86. The zero-order chi connectivity index (χ0) is 53.5. The second-order valence-corrected chi connectivity index (χ2v) is 16.6. The Morgan fingerprint density at radius 1 is 0.500 bits per heavy atom. The van der Waals surface area contributed by atoms with Crippen LogP contribution < -0.4 is 37.2 Å². The summed E-state index contributed by atoms with van der Waals surface area (Å²) in [6, 6.07) is 13.6. The van der Waals surface area contributed by atoms with E-state index >= 15 is 0 Å². The summed E-state index contributed by atoms with van der Waals surface area (Å²) in [5.41, 5.74) is 1.37. The summed E-state index contributed by atoms with van der Waals surface area (Å²) in [6.45, 7) is -0.118. The van der Waals surface area contributed by atoms with Crippen molar-refractivity contribution in [1.82, 2.24) is 42.2 Å². The van der Waals surface area contributed by atoms with Crippen LogP contribution in [0.4, 0.5) is 4.79 Å². The summed E-state index contributed by atoms with van der Waals surface area (Å²) in [4.78, 5) is 140. The van der Waals surface area contributed by atoms with Crippen LogP contribution in [-0.4, -0.2) is 133 Å². The van der Waals surface area contributed by atoms with Crippen LogP contribution in [0.2, 0.25) is 0 Å². The Bertz CT molecular complexity index is 2640. The molecule has 0 aliphatic carbocycles. The molecule has 0 fully saturated rings. The number of hydrogen-bond acceptors (Lipinski definition) is 12. The number of unbranched alkanes of at least 4 members (excludes halogenated alkanes) is 1. The van der Waals surface area contributed by atoms with Gasteiger partial charge in [0.15, 0.2) is 0 Å². The molecule has 0 bridgehead atoms. The number of fused-ring (bicyclic) bond motifs is 1. The summed E-state index contributed by atoms with van der Waals surface area (Å²) in [6.07, 6.45) is 1.26. The number of amides is 7. The first kappa shape index (κ1) is 60.4. The molecule has 391 valence electrons. The largest absolute Gasteiger partial charge is 0.481 e. The van der Waals surface area contributed by atoms with E-state index < -0.39 is 121 Å². The Morgan fingerprint density at radius 3 is 1.61 bits per heavy atom. The number of urea groups is 1. The van der Waals surface area contributed by atoms with Crippen molar-refractivity contribution in [3.05, 3.63) is 114 Å². The van der Waals surface area contributed by atoms with Crippen LogP contribution in [-0.2, 0) is 84.0 Å². The number of carboxylic acid groups (broad SMARTS) is 5. The number of carboxylic acids is 5. The molecule has 24 nitrogen and oxygen atoms in total. The van der Waals surface area contributed by atoms with Crippen LogP contribution in [0.25, 0.3) is 10.8 Å². The zero-order valence-corrected chi connectivity index (χ0v) is 42.5.